The zero-order valence-electron chi connectivity index (χ0n) is 8.77. The lowest BCUT2D eigenvalue weighted by Crippen LogP contribution is -2.33. The summed E-state index contributed by atoms with van der Waals surface area (Å²) in [4.78, 5) is 15.4. The molecule has 0 aliphatic heterocycles. The molecule has 1 unspecified atom stereocenters. The van der Waals surface area contributed by atoms with Gasteiger partial charge >= 0.3 is 5.97 Å². The molecule has 0 aromatic carbocycles. The Bertz CT molecular complexity index is 303. The van der Waals surface area contributed by atoms with Crippen molar-refractivity contribution in [1.82, 2.24) is 4.98 Å². The SMILES string of the molecule is CCOC(=O)C(Nc1ccccn1)OC. The Morgan fingerprint density at radius 3 is 2.93 bits per heavy atom. The van der Waals surface area contributed by atoms with Crippen LogP contribution in [0.2, 0.25) is 0 Å². The molecule has 0 saturated carbocycles. The van der Waals surface area contributed by atoms with Crippen LogP contribution < -0.4 is 5.32 Å². The summed E-state index contributed by atoms with van der Waals surface area (Å²) in [5.41, 5.74) is 0. The first kappa shape index (κ1) is 11.5. The Hall–Kier alpha value is -1.62. The van der Waals surface area contributed by atoms with E-state index in [9.17, 15) is 4.79 Å². The maximum absolute atomic E-state index is 11.3. The molecule has 1 atom stereocenters. The van der Waals surface area contributed by atoms with Crippen LogP contribution in [0.4, 0.5) is 5.82 Å². The Kier molecular flexibility index (Phi) is 4.56. The number of ether oxygens (including phenoxy) is 2. The van der Waals surface area contributed by atoms with Gasteiger partial charge in [0, 0.05) is 13.3 Å². The standard InChI is InChI=1S/C10H14N2O3/c1-3-15-10(13)9(14-2)12-8-6-4-5-7-11-8/h4-7,9H,3H2,1-2H3,(H,11,12). The van der Waals surface area contributed by atoms with Gasteiger partial charge in [-0.3, -0.25) is 0 Å². The third-order valence-electron chi connectivity index (χ3n) is 1.68. The molecule has 0 bridgehead atoms. The van der Waals surface area contributed by atoms with Crippen LogP contribution in [0.25, 0.3) is 0 Å². The monoisotopic (exact) mass is 210 g/mol. The van der Waals surface area contributed by atoms with Crippen molar-refractivity contribution in [3.8, 4) is 0 Å². The third-order valence-corrected chi connectivity index (χ3v) is 1.68. The van der Waals surface area contributed by atoms with Crippen molar-refractivity contribution in [2.75, 3.05) is 19.0 Å². The fourth-order valence-electron chi connectivity index (χ4n) is 1.01. The highest BCUT2D eigenvalue weighted by atomic mass is 16.6. The van der Waals surface area contributed by atoms with Crippen molar-refractivity contribution in [3.63, 3.8) is 0 Å². The van der Waals surface area contributed by atoms with E-state index in [1.807, 2.05) is 6.07 Å². The van der Waals surface area contributed by atoms with E-state index in [0.29, 0.717) is 12.4 Å². The van der Waals surface area contributed by atoms with Gasteiger partial charge in [0.2, 0.25) is 6.23 Å². The van der Waals surface area contributed by atoms with E-state index in [2.05, 4.69) is 10.3 Å². The Balaban J connectivity index is 2.58. The largest absolute Gasteiger partial charge is 0.463 e. The molecule has 0 saturated heterocycles. The molecule has 0 aliphatic rings. The quantitative estimate of drug-likeness (QED) is 0.581. The summed E-state index contributed by atoms with van der Waals surface area (Å²) in [7, 11) is 1.43. The second-order valence-corrected chi connectivity index (χ2v) is 2.73. The van der Waals surface area contributed by atoms with Crippen molar-refractivity contribution < 1.29 is 14.3 Å². The molecule has 5 heteroatoms. The van der Waals surface area contributed by atoms with Gasteiger partial charge in [-0.05, 0) is 19.1 Å². The molecule has 1 aromatic rings. The molecule has 1 N–H and O–H groups in total. The Morgan fingerprint density at radius 2 is 2.40 bits per heavy atom. The van der Waals surface area contributed by atoms with E-state index in [4.69, 9.17) is 9.47 Å². The summed E-state index contributed by atoms with van der Waals surface area (Å²) in [5, 5.41) is 2.81. The van der Waals surface area contributed by atoms with Gasteiger partial charge in [-0.1, -0.05) is 6.07 Å². The minimum Gasteiger partial charge on any atom is -0.463 e. The van der Waals surface area contributed by atoms with Crippen LogP contribution >= 0.6 is 0 Å². The average Bonchev–Trinajstić information content (AvgIpc) is 2.27. The number of methoxy groups -OCH3 is 1. The van der Waals surface area contributed by atoms with Gasteiger partial charge < -0.3 is 14.8 Å². The molecule has 1 rings (SSSR count). The fourth-order valence-corrected chi connectivity index (χ4v) is 1.01. The van der Waals surface area contributed by atoms with E-state index in [1.165, 1.54) is 7.11 Å². The number of carbonyl (C=O) groups excluding carboxylic acids is 1. The lowest BCUT2D eigenvalue weighted by atomic mass is 10.4. The molecular weight excluding hydrogens is 196 g/mol. The number of nitrogens with one attached hydrogen (secondary N) is 1. The summed E-state index contributed by atoms with van der Waals surface area (Å²) < 4.78 is 9.76. The summed E-state index contributed by atoms with van der Waals surface area (Å²) in [5.74, 6) is 0.114. The molecule has 0 spiro atoms. The van der Waals surface area contributed by atoms with Gasteiger partial charge in [-0.25, -0.2) is 9.78 Å². The van der Waals surface area contributed by atoms with E-state index in [-0.39, 0.29) is 0 Å². The maximum atomic E-state index is 11.3. The van der Waals surface area contributed by atoms with E-state index < -0.39 is 12.2 Å². The summed E-state index contributed by atoms with van der Waals surface area (Å²) in [6, 6.07) is 5.34. The molecule has 1 heterocycles. The third kappa shape index (κ3) is 3.55. The number of esters is 1. The summed E-state index contributed by atoms with van der Waals surface area (Å²) >= 11 is 0. The molecule has 0 aliphatic carbocycles. The lowest BCUT2D eigenvalue weighted by Gasteiger charge is -2.15. The number of hydrogen-bond donors (Lipinski definition) is 1. The summed E-state index contributed by atoms with van der Waals surface area (Å²) in [6.45, 7) is 2.06. The molecular formula is C10H14N2O3. The van der Waals surface area contributed by atoms with Crippen molar-refractivity contribution >= 4 is 11.8 Å². The van der Waals surface area contributed by atoms with Crippen molar-refractivity contribution in [3.05, 3.63) is 24.4 Å². The van der Waals surface area contributed by atoms with Gasteiger partial charge in [-0.2, -0.15) is 0 Å². The van der Waals surface area contributed by atoms with Gasteiger partial charge in [-0.15, -0.1) is 0 Å². The van der Waals surface area contributed by atoms with Crippen LogP contribution in [-0.4, -0.2) is 30.9 Å². The maximum Gasteiger partial charge on any atom is 0.356 e. The first-order valence-electron chi connectivity index (χ1n) is 4.65. The van der Waals surface area contributed by atoms with Crippen LogP contribution in [0.1, 0.15) is 6.92 Å². The van der Waals surface area contributed by atoms with Crippen molar-refractivity contribution in [2.45, 2.75) is 13.2 Å². The van der Waals surface area contributed by atoms with E-state index in [1.54, 1.807) is 25.3 Å². The Morgan fingerprint density at radius 1 is 1.60 bits per heavy atom. The van der Waals surface area contributed by atoms with Crippen LogP contribution in [-0.2, 0) is 14.3 Å². The zero-order chi connectivity index (χ0) is 11.1. The molecule has 1 aromatic heterocycles. The van der Waals surface area contributed by atoms with Gasteiger partial charge in [0.25, 0.3) is 0 Å². The van der Waals surface area contributed by atoms with Crippen molar-refractivity contribution in [1.29, 1.82) is 0 Å². The predicted octanol–water partition coefficient (Wildman–Crippen LogP) is 1.03. The number of hydrogen-bond acceptors (Lipinski definition) is 5. The highest BCUT2D eigenvalue weighted by Crippen LogP contribution is 2.04. The van der Waals surface area contributed by atoms with Crippen LogP contribution in [0.5, 0.6) is 0 Å². The first-order chi connectivity index (χ1) is 7.27. The fraction of sp³-hybridized carbons (Fsp3) is 0.400. The summed E-state index contributed by atoms with van der Waals surface area (Å²) in [6.07, 6.45) is 0.806. The molecule has 0 fully saturated rings. The van der Waals surface area contributed by atoms with Crippen LogP contribution in [0.3, 0.4) is 0 Å². The van der Waals surface area contributed by atoms with Crippen molar-refractivity contribution in [2.24, 2.45) is 0 Å². The number of nitrogens with zero attached hydrogens (tertiary/aromatic N) is 1. The van der Waals surface area contributed by atoms with Gasteiger partial charge in [0.15, 0.2) is 0 Å². The first-order valence-corrected chi connectivity index (χ1v) is 4.65. The predicted molar refractivity (Wildman–Crippen MR) is 55.3 cm³/mol. The average molecular weight is 210 g/mol. The van der Waals surface area contributed by atoms with Gasteiger partial charge in [0.1, 0.15) is 5.82 Å². The minimum atomic E-state index is -0.820. The second kappa shape index (κ2) is 5.98. The zero-order valence-corrected chi connectivity index (χ0v) is 8.77. The number of aromatic nitrogens is 1. The molecule has 5 nitrogen and oxygen atoms in total. The van der Waals surface area contributed by atoms with Crippen LogP contribution in [0.15, 0.2) is 24.4 Å². The smallest absolute Gasteiger partial charge is 0.356 e. The normalized spacial score (nSPS) is 11.9. The highest BCUT2D eigenvalue weighted by Gasteiger charge is 2.18. The highest BCUT2D eigenvalue weighted by molar-refractivity contribution is 5.77. The number of anilines is 1. The molecule has 15 heavy (non-hydrogen) atoms. The number of carbonyl (C=O) groups is 1. The van der Waals surface area contributed by atoms with Gasteiger partial charge in [0.05, 0.1) is 6.61 Å². The lowest BCUT2D eigenvalue weighted by molar-refractivity contribution is -0.153. The topological polar surface area (TPSA) is 60.5 Å². The second-order valence-electron chi connectivity index (χ2n) is 2.73. The number of rotatable bonds is 5. The molecule has 0 amide bonds. The number of pyridine rings is 1. The minimum absolute atomic E-state index is 0.322. The van der Waals surface area contributed by atoms with Crippen LogP contribution in [0, 0.1) is 0 Å². The Labute approximate surface area is 88.4 Å². The van der Waals surface area contributed by atoms with E-state index in [0.717, 1.165) is 0 Å². The van der Waals surface area contributed by atoms with E-state index >= 15 is 0 Å². The molecule has 0 radical (unpaired) electrons. The molecule has 82 valence electrons.